The lowest BCUT2D eigenvalue weighted by atomic mass is 9.98. The quantitative estimate of drug-likeness (QED) is 0.144. The molecule has 8 nitrogen and oxygen atoms in total. The average molecular weight is 658 g/mol. The number of nitrogens with zero attached hydrogens (tertiary/aromatic N) is 1. The van der Waals surface area contributed by atoms with E-state index in [0.29, 0.717) is 28.4 Å². The average Bonchev–Trinajstić information content (AvgIpc) is 3.06. The zero-order chi connectivity index (χ0) is 33.1. The number of hydrogen-bond acceptors (Lipinski definition) is 7. The predicted octanol–water partition coefficient (Wildman–Crippen LogP) is 6.18. The van der Waals surface area contributed by atoms with Gasteiger partial charge in [0.25, 0.3) is 0 Å². The molecule has 0 fully saturated rings. The van der Waals surface area contributed by atoms with Gasteiger partial charge in [0.1, 0.15) is 11.4 Å². The summed E-state index contributed by atoms with van der Waals surface area (Å²) in [6.45, 7) is 3.51. The standard InChI is InChI=1S/C36H39N3O5S2/c1-3-4-18-34(37)36(38)46(43,44)31-22-29-16-10-11-17-32(29)33(23-31)35(40)25(2)39(45(41,42)24-26-12-6-5-7-13-26)30-20-19-27-14-8-9-15-28(27)21-30/h5-17,19-23,25,34,36H,3-4,18,24,37-38H2,1-2H3/t25-,34?,36?/m0/s1. The van der Waals surface area contributed by atoms with E-state index in [-0.39, 0.29) is 16.2 Å². The maximum absolute atomic E-state index is 14.5. The number of hydrogen-bond donors (Lipinski definition) is 2. The molecule has 0 aromatic heterocycles. The van der Waals surface area contributed by atoms with Crippen molar-refractivity contribution in [1.29, 1.82) is 0 Å². The second kappa shape index (κ2) is 13.7. The van der Waals surface area contributed by atoms with Crippen LogP contribution in [0.15, 0.2) is 114 Å². The highest BCUT2D eigenvalue weighted by molar-refractivity contribution is 7.92. The van der Waals surface area contributed by atoms with Crippen LogP contribution in [0, 0.1) is 0 Å². The molecule has 0 bridgehead atoms. The number of fused-ring (bicyclic) bond motifs is 2. The topological polar surface area (TPSA) is 141 Å². The molecular formula is C36H39N3O5S2. The molecule has 5 aromatic rings. The number of benzene rings is 5. The minimum atomic E-state index is -4.14. The van der Waals surface area contributed by atoms with Gasteiger partial charge in [0.2, 0.25) is 10.0 Å². The Balaban J connectivity index is 1.63. The first kappa shape index (κ1) is 33.3. The highest BCUT2D eigenvalue weighted by Crippen LogP contribution is 2.32. The lowest BCUT2D eigenvalue weighted by molar-refractivity contribution is 0.0971. The molecule has 0 heterocycles. The molecule has 240 valence electrons. The summed E-state index contributed by atoms with van der Waals surface area (Å²) in [5.41, 5.74) is 13.4. The van der Waals surface area contributed by atoms with E-state index < -0.39 is 43.1 Å². The van der Waals surface area contributed by atoms with Gasteiger partial charge in [-0.25, -0.2) is 16.8 Å². The van der Waals surface area contributed by atoms with Crippen LogP contribution in [0.5, 0.6) is 0 Å². The molecule has 0 aliphatic carbocycles. The van der Waals surface area contributed by atoms with Crippen molar-refractivity contribution in [1.82, 2.24) is 0 Å². The van der Waals surface area contributed by atoms with E-state index in [1.165, 1.54) is 19.1 Å². The summed E-state index contributed by atoms with van der Waals surface area (Å²) in [4.78, 5) is 14.4. The number of sulfone groups is 1. The van der Waals surface area contributed by atoms with Crippen LogP contribution in [0.4, 0.5) is 5.69 Å². The first-order valence-corrected chi connectivity index (χ1v) is 18.5. The number of unbranched alkanes of at least 4 members (excludes halogenated alkanes) is 1. The summed E-state index contributed by atoms with van der Waals surface area (Å²) in [7, 11) is -8.26. The van der Waals surface area contributed by atoms with Crippen LogP contribution in [0.25, 0.3) is 21.5 Å². The van der Waals surface area contributed by atoms with Gasteiger partial charge in [0, 0.05) is 11.6 Å². The highest BCUT2D eigenvalue weighted by Gasteiger charge is 2.35. The lowest BCUT2D eigenvalue weighted by Crippen LogP contribution is -2.47. The number of Topliss-reactive ketones (excluding diaryl/α,β-unsaturated/α-hetero) is 1. The predicted molar refractivity (Wildman–Crippen MR) is 186 cm³/mol. The van der Waals surface area contributed by atoms with Gasteiger partial charge in [-0.3, -0.25) is 9.10 Å². The Morgan fingerprint density at radius 1 is 0.761 bits per heavy atom. The summed E-state index contributed by atoms with van der Waals surface area (Å²) in [5.74, 6) is -0.889. The van der Waals surface area contributed by atoms with Gasteiger partial charge in [-0.1, -0.05) is 105 Å². The Morgan fingerprint density at radius 2 is 1.39 bits per heavy atom. The molecule has 0 saturated heterocycles. The van der Waals surface area contributed by atoms with Crippen LogP contribution in [-0.2, 0) is 25.6 Å². The zero-order valence-corrected chi connectivity index (χ0v) is 27.5. The van der Waals surface area contributed by atoms with Crippen molar-refractivity contribution in [2.45, 2.75) is 61.2 Å². The molecule has 0 aliphatic heterocycles. The number of anilines is 1. The van der Waals surface area contributed by atoms with Gasteiger partial charge in [0.05, 0.1) is 16.3 Å². The fourth-order valence-corrected chi connectivity index (χ4v) is 9.02. The van der Waals surface area contributed by atoms with Crippen molar-refractivity contribution in [3.8, 4) is 0 Å². The smallest absolute Gasteiger partial charge is 0.240 e. The van der Waals surface area contributed by atoms with E-state index in [1.807, 2.05) is 37.3 Å². The van der Waals surface area contributed by atoms with Crippen molar-refractivity contribution in [3.05, 3.63) is 120 Å². The molecule has 0 spiro atoms. The van der Waals surface area contributed by atoms with E-state index in [4.69, 9.17) is 11.5 Å². The van der Waals surface area contributed by atoms with E-state index in [2.05, 4.69) is 0 Å². The van der Waals surface area contributed by atoms with Gasteiger partial charge in [0.15, 0.2) is 15.6 Å². The molecule has 0 saturated carbocycles. The first-order chi connectivity index (χ1) is 21.9. The second-order valence-corrected chi connectivity index (χ2v) is 15.6. The molecule has 2 unspecified atom stereocenters. The number of nitrogens with two attached hydrogens (primary N) is 2. The molecule has 10 heteroatoms. The van der Waals surface area contributed by atoms with Crippen molar-refractivity contribution in [3.63, 3.8) is 0 Å². The first-order valence-electron chi connectivity index (χ1n) is 15.3. The Kier molecular flexibility index (Phi) is 9.93. The van der Waals surface area contributed by atoms with Gasteiger partial charge in [-0.05, 0) is 64.7 Å². The Hall–Kier alpha value is -4.09. The van der Waals surface area contributed by atoms with E-state index in [1.54, 1.807) is 66.7 Å². The van der Waals surface area contributed by atoms with Crippen molar-refractivity contribution in [2.75, 3.05) is 4.31 Å². The number of ketones is 1. The van der Waals surface area contributed by atoms with Crippen LogP contribution in [0.3, 0.4) is 0 Å². The van der Waals surface area contributed by atoms with E-state index >= 15 is 0 Å². The zero-order valence-electron chi connectivity index (χ0n) is 25.9. The van der Waals surface area contributed by atoms with Gasteiger partial charge >= 0.3 is 0 Å². The minimum Gasteiger partial charge on any atom is -0.325 e. The highest BCUT2D eigenvalue weighted by atomic mass is 32.2. The van der Waals surface area contributed by atoms with Crippen molar-refractivity contribution >= 4 is 52.9 Å². The third kappa shape index (κ3) is 6.85. The normalized spacial score (nSPS) is 14.2. The monoisotopic (exact) mass is 657 g/mol. The number of carbonyl (C=O) groups excluding carboxylic acids is 1. The maximum atomic E-state index is 14.5. The van der Waals surface area contributed by atoms with E-state index in [9.17, 15) is 21.6 Å². The van der Waals surface area contributed by atoms with Crippen molar-refractivity contribution in [2.24, 2.45) is 11.5 Å². The second-order valence-electron chi connectivity index (χ2n) is 11.6. The fraction of sp³-hybridized carbons (Fsp3) is 0.250. The Labute approximate surface area is 271 Å². The minimum absolute atomic E-state index is 0.0826. The lowest BCUT2D eigenvalue weighted by Gasteiger charge is -2.30. The molecular weight excluding hydrogens is 619 g/mol. The van der Waals surface area contributed by atoms with Crippen LogP contribution in [0.2, 0.25) is 0 Å². The van der Waals surface area contributed by atoms with Gasteiger partial charge < -0.3 is 11.5 Å². The largest absolute Gasteiger partial charge is 0.325 e. The summed E-state index contributed by atoms with van der Waals surface area (Å²) < 4.78 is 57.0. The fourth-order valence-electron chi connectivity index (χ4n) is 5.77. The molecule has 46 heavy (non-hydrogen) atoms. The summed E-state index contributed by atoms with van der Waals surface area (Å²) in [5, 5.41) is 1.37. The third-order valence-electron chi connectivity index (χ3n) is 8.31. The van der Waals surface area contributed by atoms with Crippen LogP contribution >= 0.6 is 0 Å². The van der Waals surface area contributed by atoms with Crippen LogP contribution < -0.4 is 15.8 Å². The Bertz CT molecular complexity index is 2080. The molecule has 0 amide bonds. The molecule has 0 radical (unpaired) electrons. The van der Waals surface area contributed by atoms with Crippen molar-refractivity contribution < 1.29 is 21.6 Å². The molecule has 3 atom stereocenters. The summed E-state index contributed by atoms with van der Waals surface area (Å²) >= 11 is 0. The SMILES string of the molecule is CCCCC(N)C(N)S(=O)(=O)c1cc(C(=O)[C@H](C)N(c2ccc3ccccc3c2)S(=O)(=O)Cc2ccccc2)c2ccccc2c1. The molecule has 4 N–H and O–H groups in total. The third-order valence-corrected chi connectivity index (χ3v) is 12.1. The molecule has 5 rings (SSSR count). The maximum Gasteiger partial charge on any atom is 0.240 e. The number of sulfonamides is 1. The number of rotatable bonds is 13. The molecule has 5 aromatic carbocycles. The van der Waals surface area contributed by atoms with Crippen LogP contribution in [-0.4, -0.2) is 40.1 Å². The molecule has 0 aliphatic rings. The summed E-state index contributed by atoms with van der Waals surface area (Å²) in [6.07, 6.45) is 2.01. The van der Waals surface area contributed by atoms with Gasteiger partial charge in [-0.2, -0.15) is 0 Å². The van der Waals surface area contributed by atoms with Gasteiger partial charge in [-0.15, -0.1) is 0 Å². The van der Waals surface area contributed by atoms with Crippen LogP contribution in [0.1, 0.15) is 49.0 Å². The Morgan fingerprint density at radius 3 is 2.09 bits per heavy atom. The summed E-state index contributed by atoms with van der Waals surface area (Å²) in [6, 6.07) is 29.3. The van der Waals surface area contributed by atoms with E-state index in [0.717, 1.165) is 27.9 Å². The number of carbonyl (C=O) groups is 1.